The average molecular weight is 253 g/mol. The van der Waals surface area contributed by atoms with Crippen molar-refractivity contribution in [3.05, 3.63) is 48.0 Å². The quantitative estimate of drug-likeness (QED) is 0.775. The maximum atomic E-state index is 4.65. The van der Waals surface area contributed by atoms with Gasteiger partial charge in [-0.05, 0) is 18.2 Å². The minimum Gasteiger partial charge on any atom is -0.357 e. The maximum Gasteiger partial charge on any atom is 0.222 e. The molecule has 2 aromatic heterocycles. The minimum absolute atomic E-state index is 0.635. The number of aromatic nitrogens is 4. The van der Waals surface area contributed by atoms with Gasteiger partial charge in [-0.1, -0.05) is 12.1 Å². The summed E-state index contributed by atoms with van der Waals surface area (Å²) in [5, 5.41) is 2.94. The predicted molar refractivity (Wildman–Crippen MR) is 75.1 cm³/mol. The highest BCUT2D eigenvalue weighted by Gasteiger charge is 2.08. The van der Waals surface area contributed by atoms with Gasteiger partial charge in [0.25, 0.3) is 0 Å². The molecule has 3 rings (SSSR count). The van der Waals surface area contributed by atoms with Gasteiger partial charge in [0.1, 0.15) is 5.82 Å². The lowest BCUT2D eigenvalue weighted by Gasteiger charge is -2.03. The van der Waals surface area contributed by atoms with E-state index in [0.717, 1.165) is 22.6 Å². The van der Waals surface area contributed by atoms with E-state index < -0.39 is 0 Å². The summed E-state index contributed by atoms with van der Waals surface area (Å²) in [5.41, 5.74) is 3.11. The molecule has 0 fully saturated rings. The molecule has 5 nitrogen and oxygen atoms in total. The first-order valence-corrected chi connectivity index (χ1v) is 6.18. The fourth-order valence-electron chi connectivity index (χ4n) is 2.13. The molecule has 0 radical (unpaired) electrons. The van der Waals surface area contributed by atoms with Crippen LogP contribution in [0.15, 0.2) is 36.5 Å². The number of hydrogen-bond acceptors (Lipinski definition) is 4. The summed E-state index contributed by atoms with van der Waals surface area (Å²) in [4.78, 5) is 13.2. The molecule has 0 bridgehead atoms. The summed E-state index contributed by atoms with van der Waals surface area (Å²) in [7, 11) is 3.85. The van der Waals surface area contributed by atoms with Gasteiger partial charge in [0, 0.05) is 26.7 Å². The molecule has 0 saturated carbocycles. The summed E-state index contributed by atoms with van der Waals surface area (Å²) in [6.45, 7) is 0. The monoisotopic (exact) mass is 253 g/mol. The Bertz CT molecular complexity index is 717. The second kappa shape index (κ2) is 4.68. The molecule has 5 heteroatoms. The number of benzene rings is 1. The van der Waals surface area contributed by atoms with E-state index in [0.29, 0.717) is 12.4 Å². The average Bonchev–Trinajstić information content (AvgIpc) is 2.76. The van der Waals surface area contributed by atoms with E-state index in [1.54, 1.807) is 6.20 Å². The van der Waals surface area contributed by atoms with Gasteiger partial charge in [-0.25, -0.2) is 15.0 Å². The van der Waals surface area contributed by atoms with Crippen LogP contribution >= 0.6 is 0 Å². The van der Waals surface area contributed by atoms with Crippen LogP contribution in [0.4, 0.5) is 5.95 Å². The van der Waals surface area contributed by atoms with E-state index >= 15 is 0 Å². The zero-order valence-corrected chi connectivity index (χ0v) is 11.0. The van der Waals surface area contributed by atoms with Crippen molar-refractivity contribution in [2.45, 2.75) is 6.42 Å². The van der Waals surface area contributed by atoms with Crippen molar-refractivity contribution in [2.24, 2.45) is 7.05 Å². The number of para-hydroxylation sites is 2. The van der Waals surface area contributed by atoms with Crippen molar-refractivity contribution in [2.75, 3.05) is 12.4 Å². The van der Waals surface area contributed by atoms with Crippen LogP contribution < -0.4 is 5.32 Å². The number of nitrogens with zero attached hydrogens (tertiary/aromatic N) is 4. The molecule has 19 heavy (non-hydrogen) atoms. The van der Waals surface area contributed by atoms with E-state index in [2.05, 4.69) is 30.9 Å². The molecule has 3 aromatic rings. The molecule has 0 unspecified atom stereocenters. The Morgan fingerprint density at radius 1 is 1.16 bits per heavy atom. The standard InChI is InChI=1S/C14H15N5/c1-15-14-16-8-7-10(17-14)9-13-18-11-5-3-4-6-12(11)19(13)2/h3-8H,9H2,1-2H3,(H,15,16,17). The highest BCUT2D eigenvalue weighted by molar-refractivity contribution is 5.75. The van der Waals surface area contributed by atoms with Gasteiger partial charge in [-0.3, -0.25) is 0 Å². The largest absolute Gasteiger partial charge is 0.357 e. The van der Waals surface area contributed by atoms with Crippen molar-refractivity contribution in [3.63, 3.8) is 0 Å². The Morgan fingerprint density at radius 3 is 2.79 bits per heavy atom. The topological polar surface area (TPSA) is 55.6 Å². The fourth-order valence-corrected chi connectivity index (χ4v) is 2.13. The molecule has 0 amide bonds. The second-order valence-corrected chi connectivity index (χ2v) is 4.37. The lowest BCUT2D eigenvalue weighted by atomic mass is 10.3. The number of rotatable bonds is 3. The molecule has 96 valence electrons. The fraction of sp³-hybridized carbons (Fsp3) is 0.214. The highest BCUT2D eigenvalue weighted by atomic mass is 15.1. The highest BCUT2D eigenvalue weighted by Crippen LogP contribution is 2.16. The zero-order valence-electron chi connectivity index (χ0n) is 11.0. The first kappa shape index (κ1) is 11.6. The molecule has 0 saturated heterocycles. The molecule has 0 aliphatic heterocycles. The van der Waals surface area contributed by atoms with Gasteiger partial charge in [0.2, 0.25) is 5.95 Å². The third-order valence-electron chi connectivity index (χ3n) is 3.16. The SMILES string of the molecule is CNc1nccc(Cc2nc3ccccc3n2C)n1. The van der Waals surface area contributed by atoms with E-state index in [-0.39, 0.29) is 0 Å². The molecule has 0 atom stereocenters. The first-order chi connectivity index (χ1) is 9.28. The van der Waals surface area contributed by atoms with Crippen molar-refractivity contribution in [1.29, 1.82) is 0 Å². The molecule has 1 N–H and O–H groups in total. The van der Waals surface area contributed by atoms with Gasteiger partial charge in [0.15, 0.2) is 0 Å². The Morgan fingerprint density at radius 2 is 2.00 bits per heavy atom. The van der Waals surface area contributed by atoms with Crippen molar-refractivity contribution >= 4 is 17.0 Å². The third kappa shape index (κ3) is 2.14. The van der Waals surface area contributed by atoms with Crippen LogP contribution in [0.3, 0.4) is 0 Å². The number of fused-ring (bicyclic) bond motifs is 1. The molecule has 1 aromatic carbocycles. The van der Waals surface area contributed by atoms with Crippen LogP contribution in [-0.2, 0) is 13.5 Å². The van der Waals surface area contributed by atoms with E-state index in [1.807, 2.05) is 38.4 Å². The summed E-state index contributed by atoms with van der Waals surface area (Å²) >= 11 is 0. The van der Waals surface area contributed by atoms with E-state index in [1.165, 1.54) is 0 Å². The molecular weight excluding hydrogens is 238 g/mol. The number of aryl methyl sites for hydroxylation is 1. The van der Waals surface area contributed by atoms with Gasteiger partial charge < -0.3 is 9.88 Å². The van der Waals surface area contributed by atoms with Crippen LogP contribution in [0.2, 0.25) is 0 Å². The Labute approximate surface area is 111 Å². The van der Waals surface area contributed by atoms with Gasteiger partial charge in [0.05, 0.1) is 16.7 Å². The van der Waals surface area contributed by atoms with E-state index in [9.17, 15) is 0 Å². The molecular formula is C14H15N5. The Balaban J connectivity index is 1.98. The Kier molecular flexibility index (Phi) is 2.87. The molecule has 0 aliphatic carbocycles. The summed E-state index contributed by atoms with van der Waals surface area (Å²) in [6, 6.07) is 10.0. The Hall–Kier alpha value is -2.43. The minimum atomic E-state index is 0.635. The van der Waals surface area contributed by atoms with Gasteiger partial charge in [-0.2, -0.15) is 0 Å². The summed E-state index contributed by atoms with van der Waals surface area (Å²) < 4.78 is 2.11. The van der Waals surface area contributed by atoms with Crippen LogP contribution in [0.5, 0.6) is 0 Å². The molecule has 0 aliphatic rings. The number of imidazole rings is 1. The number of hydrogen-bond donors (Lipinski definition) is 1. The summed E-state index contributed by atoms with van der Waals surface area (Å²) in [5.74, 6) is 1.64. The normalized spacial score (nSPS) is 10.8. The lowest BCUT2D eigenvalue weighted by Crippen LogP contribution is -2.03. The smallest absolute Gasteiger partial charge is 0.222 e. The number of nitrogens with one attached hydrogen (secondary N) is 1. The van der Waals surface area contributed by atoms with Gasteiger partial charge >= 0.3 is 0 Å². The molecule has 2 heterocycles. The molecule has 0 spiro atoms. The van der Waals surface area contributed by atoms with E-state index in [4.69, 9.17) is 0 Å². The number of anilines is 1. The van der Waals surface area contributed by atoms with Crippen LogP contribution in [-0.4, -0.2) is 26.6 Å². The van der Waals surface area contributed by atoms with Crippen LogP contribution in [0.25, 0.3) is 11.0 Å². The van der Waals surface area contributed by atoms with Crippen LogP contribution in [0.1, 0.15) is 11.5 Å². The predicted octanol–water partition coefficient (Wildman–Crippen LogP) is 2.00. The summed E-state index contributed by atoms with van der Waals surface area (Å²) in [6.07, 6.45) is 2.46. The van der Waals surface area contributed by atoms with Crippen molar-refractivity contribution in [3.8, 4) is 0 Å². The van der Waals surface area contributed by atoms with Crippen molar-refractivity contribution < 1.29 is 0 Å². The van der Waals surface area contributed by atoms with Crippen molar-refractivity contribution in [1.82, 2.24) is 19.5 Å². The maximum absolute atomic E-state index is 4.65. The first-order valence-electron chi connectivity index (χ1n) is 6.18. The zero-order chi connectivity index (χ0) is 13.2. The van der Waals surface area contributed by atoms with Crippen LogP contribution in [0, 0.1) is 0 Å². The van der Waals surface area contributed by atoms with Gasteiger partial charge in [-0.15, -0.1) is 0 Å². The third-order valence-corrected chi connectivity index (χ3v) is 3.16. The lowest BCUT2D eigenvalue weighted by molar-refractivity contribution is 0.830. The second-order valence-electron chi connectivity index (χ2n) is 4.37.